The molecule has 0 radical (unpaired) electrons. The van der Waals surface area contributed by atoms with Gasteiger partial charge in [-0.2, -0.15) is 4.98 Å². The van der Waals surface area contributed by atoms with Gasteiger partial charge in [0, 0.05) is 17.1 Å². The Balaban J connectivity index is 1.62. The predicted octanol–water partition coefficient (Wildman–Crippen LogP) is 4.82. The zero-order valence-electron chi connectivity index (χ0n) is 13.4. The second-order valence-corrected chi connectivity index (χ2v) is 7.34. The number of nitrogens with zero attached hydrogens (tertiary/aromatic N) is 3. The summed E-state index contributed by atoms with van der Waals surface area (Å²) >= 11 is 7.49. The number of hydrogen-bond acceptors (Lipinski definition) is 5. The number of piperidine rings is 1. The number of amides is 1. The Bertz CT molecular complexity index is 878. The Kier molecular flexibility index (Phi) is 4.55. The van der Waals surface area contributed by atoms with Gasteiger partial charge in [-0.25, -0.2) is 0 Å². The molecule has 0 N–H and O–H groups in total. The molecule has 1 aromatic carbocycles. The van der Waals surface area contributed by atoms with Gasteiger partial charge < -0.3 is 9.42 Å². The monoisotopic (exact) mass is 373 g/mol. The zero-order chi connectivity index (χ0) is 17.2. The van der Waals surface area contributed by atoms with E-state index in [-0.39, 0.29) is 11.9 Å². The lowest BCUT2D eigenvalue weighted by molar-refractivity contribution is 0.0566. The van der Waals surface area contributed by atoms with Crippen LogP contribution in [0.1, 0.15) is 40.9 Å². The lowest BCUT2D eigenvalue weighted by Crippen LogP contribution is -2.38. The number of thiophene rings is 1. The molecule has 0 bridgehead atoms. The molecule has 2 aromatic heterocycles. The molecule has 7 heteroatoms. The molecular formula is C18H16ClN3O2S. The molecule has 1 fully saturated rings. The van der Waals surface area contributed by atoms with Gasteiger partial charge in [0.25, 0.3) is 5.91 Å². The Morgan fingerprint density at radius 2 is 2.20 bits per heavy atom. The van der Waals surface area contributed by atoms with Crippen molar-refractivity contribution in [1.29, 1.82) is 0 Å². The average Bonchev–Trinajstić information content (AvgIpc) is 3.33. The van der Waals surface area contributed by atoms with Crippen LogP contribution in [-0.2, 0) is 0 Å². The topological polar surface area (TPSA) is 59.2 Å². The van der Waals surface area contributed by atoms with Crippen molar-refractivity contribution >= 4 is 28.8 Å². The number of hydrogen-bond donors (Lipinski definition) is 0. The van der Waals surface area contributed by atoms with Crippen molar-refractivity contribution in [3.05, 3.63) is 57.6 Å². The van der Waals surface area contributed by atoms with Crippen molar-refractivity contribution in [3.63, 3.8) is 0 Å². The van der Waals surface area contributed by atoms with Crippen molar-refractivity contribution in [3.8, 4) is 11.4 Å². The molecule has 1 aliphatic heterocycles. The quantitative estimate of drug-likeness (QED) is 0.660. The van der Waals surface area contributed by atoms with Crippen LogP contribution >= 0.6 is 22.9 Å². The van der Waals surface area contributed by atoms with Crippen LogP contribution in [0.15, 0.2) is 46.3 Å². The highest BCUT2D eigenvalue weighted by Crippen LogP contribution is 2.33. The summed E-state index contributed by atoms with van der Waals surface area (Å²) in [5.74, 6) is 1.01. The fraction of sp³-hybridized carbons (Fsp3) is 0.278. The Morgan fingerprint density at radius 3 is 3.00 bits per heavy atom. The maximum atomic E-state index is 12.8. The first-order chi connectivity index (χ1) is 12.2. The highest BCUT2D eigenvalue weighted by molar-refractivity contribution is 7.12. The van der Waals surface area contributed by atoms with Gasteiger partial charge in [0.05, 0.1) is 4.88 Å². The molecule has 1 atom stereocenters. The molecule has 3 heterocycles. The van der Waals surface area contributed by atoms with E-state index in [0.29, 0.717) is 23.3 Å². The number of halogens is 1. The summed E-state index contributed by atoms with van der Waals surface area (Å²) in [6.45, 7) is 0.705. The minimum Gasteiger partial charge on any atom is -0.337 e. The fourth-order valence-electron chi connectivity index (χ4n) is 3.09. The lowest BCUT2D eigenvalue weighted by atomic mass is 10.0. The van der Waals surface area contributed by atoms with Gasteiger partial charge >= 0.3 is 0 Å². The van der Waals surface area contributed by atoms with Crippen LogP contribution < -0.4 is 0 Å². The lowest BCUT2D eigenvalue weighted by Gasteiger charge is -2.33. The third kappa shape index (κ3) is 3.32. The van der Waals surface area contributed by atoms with E-state index in [1.54, 1.807) is 12.1 Å². The van der Waals surface area contributed by atoms with E-state index >= 15 is 0 Å². The van der Waals surface area contributed by atoms with E-state index in [1.807, 2.05) is 34.5 Å². The van der Waals surface area contributed by atoms with Crippen molar-refractivity contribution in [2.45, 2.75) is 25.3 Å². The molecule has 1 aliphatic rings. The highest BCUT2D eigenvalue weighted by Gasteiger charge is 2.33. The first-order valence-electron chi connectivity index (χ1n) is 8.16. The summed E-state index contributed by atoms with van der Waals surface area (Å²) in [4.78, 5) is 19.9. The van der Waals surface area contributed by atoms with E-state index < -0.39 is 0 Å². The molecule has 3 aromatic rings. The maximum Gasteiger partial charge on any atom is 0.264 e. The van der Waals surface area contributed by atoms with Crippen molar-refractivity contribution < 1.29 is 9.32 Å². The highest BCUT2D eigenvalue weighted by atomic mass is 35.5. The molecule has 0 saturated carbocycles. The van der Waals surface area contributed by atoms with E-state index in [9.17, 15) is 4.79 Å². The second kappa shape index (κ2) is 6.98. The van der Waals surface area contributed by atoms with Gasteiger partial charge in [-0.1, -0.05) is 35.0 Å². The van der Waals surface area contributed by atoms with Crippen molar-refractivity contribution in [1.82, 2.24) is 15.0 Å². The Labute approximate surface area is 154 Å². The summed E-state index contributed by atoms with van der Waals surface area (Å²) in [6, 6.07) is 10.9. The summed E-state index contributed by atoms with van der Waals surface area (Å²) < 4.78 is 5.50. The van der Waals surface area contributed by atoms with Crippen LogP contribution in [0.4, 0.5) is 0 Å². The zero-order valence-corrected chi connectivity index (χ0v) is 15.0. The minimum atomic E-state index is -0.177. The Morgan fingerprint density at radius 1 is 1.28 bits per heavy atom. The third-order valence-corrected chi connectivity index (χ3v) is 5.40. The third-order valence-electron chi connectivity index (χ3n) is 4.31. The summed E-state index contributed by atoms with van der Waals surface area (Å²) in [6.07, 6.45) is 2.85. The first-order valence-corrected chi connectivity index (χ1v) is 9.42. The van der Waals surface area contributed by atoms with Crippen LogP contribution in [0.3, 0.4) is 0 Å². The normalized spacial score (nSPS) is 17.6. The largest absolute Gasteiger partial charge is 0.337 e. The van der Waals surface area contributed by atoms with Crippen LogP contribution in [0, 0.1) is 0 Å². The summed E-state index contributed by atoms with van der Waals surface area (Å²) in [7, 11) is 0. The van der Waals surface area contributed by atoms with Gasteiger partial charge in [0.15, 0.2) is 0 Å². The number of carbonyl (C=O) groups excluding carboxylic acids is 1. The van der Waals surface area contributed by atoms with E-state index in [4.69, 9.17) is 16.1 Å². The molecule has 128 valence electrons. The molecule has 1 amide bonds. The van der Waals surface area contributed by atoms with E-state index in [2.05, 4.69) is 10.1 Å². The van der Waals surface area contributed by atoms with Crippen LogP contribution in [-0.4, -0.2) is 27.5 Å². The van der Waals surface area contributed by atoms with Gasteiger partial charge in [-0.15, -0.1) is 11.3 Å². The van der Waals surface area contributed by atoms with Crippen molar-refractivity contribution in [2.24, 2.45) is 0 Å². The van der Waals surface area contributed by atoms with Crippen LogP contribution in [0.2, 0.25) is 5.02 Å². The molecule has 1 saturated heterocycles. The maximum absolute atomic E-state index is 12.8. The molecular weight excluding hydrogens is 358 g/mol. The number of aromatic nitrogens is 2. The van der Waals surface area contributed by atoms with Gasteiger partial charge in [-0.3, -0.25) is 4.79 Å². The molecule has 5 nitrogen and oxygen atoms in total. The van der Waals surface area contributed by atoms with Crippen LogP contribution in [0.25, 0.3) is 11.4 Å². The minimum absolute atomic E-state index is 0.0298. The summed E-state index contributed by atoms with van der Waals surface area (Å²) in [5.41, 5.74) is 0.800. The van der Waals surface area contributed by atoms with Gasteiger partial charge in [0.2, 0.25) is 11.7 Å². The van der Waals surface area contributed by atoms with E-state index in [0.717, 1.165) is 29.7 Å². The first kappa shape index (κ1) is 16.3. The molecule has 25 heavy (non-hydrogen) atoms. The summed E-state index contributed by atoms with van der Waals surface area (Å²) in [5, 5.41) is 6.61. The Hall–Kier alpha value is -2.18. The predicted molar refractivity (Wildman–Crippen MR) is 96.7 cm³/mol. The molecule has 0 aliphatic carbocycles. The average molecular weight is 374 g/mol. The molecule has 0 spiro atoms. The number of likely N-dealkylation sites (tertiary alicyclic amines) is 1. The SMILES string of the molecule is O=C(c1cccs1)N1CCCC[C@H]1c1nc(-c2cccc(Cl)c2)no1. The molecule has 4 rings (SSSR count). The smallest absolute Gasteiger partial charge is 0.264 e. The van der Waals surface area contributed by atoms with Gasteiger partial charge in [-0.05, 0) is 42.8 Å². The van der Waals surface area contributed by atoms with E-state index in [1.165, 1.54) is 11.3 Å². The molecule has 0 unspecified atom stereocenters. The van der Waals surface area contributed by atoms with Crippen molar-refractivity contribution in [2.75, 3.05) is 6.54 Å². The van der Waals surface area contributed by atoms with Crippen LogP contribution in [0.5, 0.6) is 0 Å². The number of rotatable bonds is 3. The fourth-order valence-corrected chi connectivity index (χ4v) is 3.96. The number of carbonyl (C=O) groups is 1. The van der Waals surface area contributed by atoms with Gasteiger partial charge in [0.1, 0.15) is 6.04 Å². The number of benzene rings is 1. The standard InChI is InChI=1S/C18H16ClN3O2S/c19-13-6-3-5-12(11-13)16-20-17(24-21-16)14-7-1-2-9-22(14)18(23)15-8-4-10-25-15/h3-6,8,10-11,14H,1-2,7,9H2/t14-/m0/s1. The second-order valence-electron chi connectivity index (χ2n) is 5.95.